The standard InChI is InChI=1S/C17H13Br2N3O2S/c1-2-10-7-14(23)22-16(20-10)9-4-3-5-11(6-9)21-17(24)13-8-12(18)15(19)25-13/h3-8H,2H2,1H3,(H,21,24)(H,20,22,23). The number of halogens is 2. The van der Waals surface area contributed by atoms with Crippen LogP contribution in [0.5, 0.6) is 0 Å². The number of nitrogens with one attached hydrogen (secondary N) is 2. The number of carbonyl (C=O) groups excluding carboxylic acids is 1. The van der Waals surface area contributed by atoms with Gasteiger partial charge >= 0.3 is 0 Å². The summed E-state index contributed by atoms with van der Waals surface area (Å²) < 4.78 is 1.71. The molecule has 0 fully saturated rings. The Morgan fingerprint density at radius 3 is 2.76 bits per heavy atom. The van der Waals surface area contributed by atoms with Gasteiger partial charge in [0.1, 0.15) is 5.82 Å². The molecule has 1 amide bonds. The molecule has 0 saturated carbocycles. The van der Waals surface area contributed by atoms with Crippen molar-refractivity contribution in [2.45, 2.75) is 13.3 Å². The van der Waals surface area contributed by atoms with Crippen molar-refractivity contribution in [3.05, 3.63) is 65.6 Å². The van der Waals surface area contributed by atoms with Gasteiger partial charge in [-0.2, -0.15) is 0 Å². The third-order valence-electron chi connectivity index (χ3n) is 3.42. The monoisotopic (exact) mass is 481 g/mol. The van der Waals surface area contributed by atoms with Crippen LogP contribution in [0.4, 0.5) is 5.69 Å². The van der Waals surface area contributed by atoms with Crippen molar-refractivity contribution in [3.8, 4) is 11.4 Å². The summed E-state index contributed by atoms with van der Waals surface area (Å²) in [6.45, 7) is 1.94. The lowest BCUT2D eigenvalue weighted by molar-refractivity contribution is 0.103. The van der Waals surface area contributed by atoms with Crippen LogP contribution in [-0.2, 0) is 6.42 Å². The van der Waals surface area contributed by atoms with Gasteiger partial charge in [-0.05, 0) is 56.5 Å². The summed E-state index contributed by atoms with van der Waals surface area (Å²) in [5.74, 6) is 0.291. The van der Waals surface area contributed by atoms with E-state index in [2.05, 4.69) is 47.1 Å². The first-order chi connectivity index (χ1) is 12.0. The molecule has 128 valence electrons. The van der Waals surface area contributed by atoms with Crippen molar-refractivity contribution < 1.29 is 4.79 Å². The minimum absolute atomic E-state index is 0.190. The van der Waals surface area contributed by atoms with Gasteiger partial charge < -0.3 is 10.3 Å². The molecule has 5 nitrogen and oxygen atoms in total. The Balaban J connectivity index is 1.88. The largest absolute Gasteiger partial charge is 0.321 e. The van der Waals surface area contributed by atoms with Crippen molar-refractivity contribution in [3.63, 3.8) is 0 Å². The van der Waals surface area contributed by atoms with Gasteiger partial charge in [0.2, 0.25) is 0 Å². The summed E-state index contributed by atoms with van der Waals surface area (Å²) in [5.41, 5.74) is 1.90. The molecule has 3 rings (SSSR count). The van der Waals surface area contributed by atoms with E-state index < -0.39 is 0 Å². The normalized spacial score (nSPS) is 10.7. The highest BCUT2D eigenvalue weighted by molar-refractivity contribution is 9.13. The van der Waals surface area contributed by atoms with E-state index in [1.54, 1.807) is 18.2 Å². The molecule has 0 atom stereocenters. The fourth-order valence-electron chi connectivity index (χ4n) is 2.22. The summed E-state index contributed by atoms with van der Waals surface area (Å²) >= 11 is 8.10. The molecule has 2 aromatic heterocycles. The molecule has 0 aliphatic heterocycles. The van der Waals surface area contributed by atoms with Crippen molar-refractivity contribution in [2.75, 3.05) is 5.32 Å². The zero-order valence-corrected chi connectivity index (χ0v) is 17.1. The number of hydrogen-bond acceptors (Lipinski definition) is 4. The van der Waals surface area contributed by atoms with E-state index in [0.29, 0.717) is 22.8 Å². The van der Waals surface area contributed by atoms with Gasteiger partial charge in [-0.15, -0.1) is 11.3 Å². The van der Waals surface area contributed by atoms with E-state index in [0.717, 1.165) is 19.5 Å². The van der Waals surface area contributed by atoms with E-state index in [9.17, 15) is 9.59 Å². The van der Waals surface area contributed by atoms with Crippen molar-refractivity contribution in [1.29, 1.82) is 0 Å². The van der Waals surface area contributed by atoms with Gasteiger partial charge in [-0.25, -0.2) is 4.98 Å². The SMILES string of the molecule is CCc1cc(=O)[nH]c(-c2cccc(NC(=O)c3cc(Br)c(Br)s3)c2)n1. The van der Waals surface area contributed by atoms with E-state index in [4.69, 9.17) is 0 Å². The van der Waals surface area contributed by atoms with Crippen LogP contribution in [-0.4, -0.2) is 15.9 Å². The molecule has 0 radical (unpaired) electrons. The summed E-state index contributed by atoms with van der Waals surface area (Å²) in [5, 5.41) is 2.86. The molecule has 0 aliphatic rings. The molecule has 0 unspecified atom stereocenters. The Hall–Kier alpha value is -1.77. The molecule has 25 heavy (non-hydrogen) atoms. The highest BCUT2D eigenvalue weighted by Gasteiger charge is 2.13. The van der Waals surface area contributed by atoms with Crippen LogP contribution in [0.3, 0.4) is 0 Å². The van der Waals surface area contributed by atoms with E-state index in [1.807, 2.05) is 19.1 Å². The molecular weight excluding hydrogens is 470 g/mol. The fraction of sp³-hybridized carbons (Fsp3) is 0.118. The smallest absolute Gasteiger partial charge is 0.265 e. The highest BCUT2D eigenvalue weighted by Crippen LogP contribution is 2.32. The second-order valence-corrected chi connectivity index (χ2v) is 8.43. The van der Waals surface area contributed by atoms with Crippen molar-refractivity contribution in [1.82, 2.24) is 9.97 Å². The highest BCUT2D eigenvalue weighted by atomic mass is 79.9. The molecule has 3 aromatic rings. The number of H-pyrrole nitrogens is 1. The number of nitrogens with zero attached hydrogens (tertiary/aromatic N) is 1. The number of rotatable bonds is 4. The van der Waals surface area contributed by atoms with Crippen LogP contribution in [0.2, 0.25) is 0 Å². The van der Waals surface area contributed by atoms with Gasteiger partial charge in [0.05, 0.1) is 8.66 Å². The quantitative estimate of drug-likeness (QED) is 0.558. The number of aromatic nitrogens is 2. The predicted molar refractivity (Wildman–Crippen MR) is 107 cm³/mol. The maximum absolute atomic E-state index is 12.4. The van der Waals surface area contributed by atoms with Gasteiger partial charge in [-0.3, -0.25) is 9.59 Å². The number of anilines is 1. The number of aromatic amines is 1. The fourth-order valence-corrected chi connectivity index (χ4v) is 4.15. The first-order valence-corrected chi connectivity index (χ1v) is 9.83. The average molecular weight is 483 g/mol. The van der Waals surface area contributed by atoms with Crippen LogP contribution in [0.25, 0.3) is 11.4 Å². The Morgan fingerprint density at radius 2 is 2.08 bits per heavy atom. The first kappa shape index (κ1) is 18.0. The molecule has 8 heteroatoms. The molecule has 1 aromatic carbocycles. The topological polar surface area (TPSA) is 74.8 Å². The second-order valence-electron chi connectivity index (χ2n) is 5.21. The van der Waals surface area contributed by atoms with Crippen LogP contribution < -0.4 is 10.9 Å². The van der Waals surface area contributed by atoms with Crippen LogP contribution in [0.1, 0.15) is 22.3 Å². The van der Waals surface area contributed by atoms with E-state index in [-0.39, 0.29) is 11.5 Å². The molecule has 0 spiro atoms. The minimum atomic E-state index is -0.197. The first-order valence-electron chi connectivity index (χ1n) is 7.43. The maximum Gasteiger partial charge on any atom is 0.265 e. The van der Waals surface area contributed by atoms with Gasteiger partial charge in [-0.1, -0.05) is 19.1 Å². The van der Waals surface area contributed by atoms with Crippen LogP contribution >= 0.6 is 43.2 Å². The van der Waals surface area contributed by atoms with E-state index in [1.165, 1.54) is 17.4 Å². The number of carbonyl (C=O) groups is 1. The zero-order chi connectivity index (χ0) is 18.0. The molecule has 2 heterocycles. The van der Waals surface area contributed by atoms with E-state index >= 15 is 0 Å². The number of hydrogen-bond donors (Lipinski definition) is 2. The predicted octanol–water partition coefficient (Wildman–Crippen LogP) is 4.84. The molecule has 0 saturated heterocycles. The summed E-state index contributed by atoms with van der Waals surface area (Å²) in [6, 6.07) is 10.5. The Bertz CT molecular complexity index is 978. The Labute approximate surface area is 164 Å². The van der Waals surface area contributed by atoms with Crippen LogP contribution in [0.15, 0.2) is 49.5 Å². The molecule has 0 aliphatic carbocycles. The molecule has 0 bridgehead atoms. The lowest BCUT2D eigenvalue weighted by Crippen LogP contribution is -2.11. The summed E-state index contributed by atoms with van der Waals surface area (Å²) in [6.07, 6.45) is 0.676. The van der Waals surface area contributed by atoms with Gasteiger partial charge in [0, 0.05) is 27.5 Å². The Kier molecular flexibility index (Phi) is 5.51. The summed E-state index contributed by atoms with van der Waals surface area (Å²) in [4.78, 5) is 31.9. The summed E-state index contributed by atoms with van der Waals surface area (Å²) in [7, 11) is 0. The maximum atomic E-state index is 12.4. The minimum Gasteiger partial charge on any atom is -0.321 e. The van der Waals surface area contributed by atoms with Crippen molar-refractivity contribution >= 4 is 54.8 Å². The zero-order valence-electron chi connectivity index (χ0n) is 13.1. The number of thiophene rings is 1. The molecular formula is C17H13Br2N3O2S. The Morgan fingerprint density at radius 1 is 1.28 bits per heavy atom. The number of amides is 1. The second kappa shape index (κ2) is 7.63. The third-order valence-corrected chi connectivity index (χ3v) is 6.67. The van der Waals surface area contributed by atoms with Crippen LogP contribution in [0, 0.1) is 0 Å². The third kappa shape index (κ3) is 4.26. The lowest BCUT2D eigenvalue weighted by Gasteiger charge is -2.07. The average Bonchev–Trinajstić information content (AvgIpc) is 2.94. The van der Waals surface area contributed by atoms with Gasteiger partial charge in [0.25, 0.3) is 11.5 Å². The lowest BCUT2D eigenvalue weighted by atomic mass is 10.1. The number of benzene rings is 1. The van der Waals surface area contributed by atoms with Gasteiger partial charge in [0.15, 0.2) is 0 Å². The van der Waals surface area contributed by atoms with Crippen molar-refractivity contribution in [2.24, 2.45) is 0 Å². The molecule has 2 N–H and O–H groups in total. The number of aryl methyl sites for hydroxylation is 1.